The normalized spacial score (nSPS) is 21.0. The van der Waals surface area contributed by atoms with Crippen LogP contribution in [0.4, 0.5) is 5.95 Å². The summed E-state index contributed by atoms with van der Waals surface area (Å²) >= 11 is 0. The number of allylic oxidation sites excluding steroid dienone is 1. The molecular formula is C23H33N5O. The van der Waals surface area contributed by atoms with E-state index in [1.165, 1.54) is 19.4 Å². The number of carbonyl (C=O) groups is 1. The molecule has 2 aliphatic rings. The maximum atomic E-state index is 12.7. The van der Waals surface area contributed by atoms with Crippen LogP contribution in [0.3, 0.4) is 0 Å². The second-order valence-corrected chi connectivity index (χ2v) is 8.23. The zero-order valence-corrected chi connectivity index (χ0v) is 17.5. The average molecular weight is 396 g/mol. The summed E-state index contributed by atoms with van der Waals surface area (Å²) in [6.45, 7) is 11.6. The van der Waals surface area contributed by atoms with Gasteiger partial charge in [0.1, 0.15) is 0 Å². The fourth-order valence-electron chi connectivity index (χ4n) is 4.86. The summed E-state index contributed by atoms with van der Waals surface area (Å²) in [5.41, 5.74) is 2.15. The number of piperidine rings is 1. The number of hydrogen-bond acceptors (Lipinski definition) is 4. The summed E-state index contributed by atoms with van der Waals surface area (Å²) < 4.78 is 2.22. The van der Waals surface area contributed by atoms with Crippen molar-refractivity contribution in [3.8, 4) is 0 Å². The standard InChI is InChI=1S/C23H33N5O/c1-3-13-28-21-10-6-5-9-20(21)25-23(28)27-15-11-18(12-16-27)22(29)24-17-19-8-7-14-26(19)4-2/h3,5-6,9-10,18-19H,1,4,7-8,11-17H2,2H3,(H,24,29)/t19-/m0/s1. The number of nitrogens with zero attached hydrogens (tertiary/aromatic N) is 4. The summed E-state index contributed by atoms with van der Waals surface area (Å²) in [7, 11) is 0. The molecule has 1 aromatic carbocycles. The molecule has 156 valence electrons. The van der Waals surface area contributed by atoms with Crippen molar-refractivity contribution in [2.45, 2.75) is 45.2 Å². The van der Waals surface area contributed by atoms with Gasteiger partial charge in [0.25, 0.3) is 0 Å². The minimum absolute atomic E-state index is 0.111. The van der Waals surface area contributed by atoms with Crippen LogP contribution >= 0.6 is 0 Å². The Morgan fingerprint density at radius 1 is 1.24 bits per heavy atom. The first-order valence-electron chi connectivity index (χ1n) is 11.0. The van der Waals surface area contributed by atoms with E-state index in [0.29, 0.717) is 6.04 Å². The van der Waals surface area contributed by atoms with E-state index in [4.69, 9.17) is 4.98 Å². The minimum atomic E-state index is 0.111. The van der Waals surface area contributed by atoms with E-state index < -0.39 is 0 Å². The summed E-state index contributed by atoms with van der Waals surface area (Å²) in [6.07, 6.45) is 6.13. The molecule has 3 heterocycles. The molecule has 0 bridgehead atoms. The lowest BCUT2D eigenvalue weighted by molar-refractivity contribution is -0.125. The number of nitrogens with one attached hydrogen (secondary N) is 1. The molecule has 29 heavy (non-hydrogen) atoms. The molecule has 0 saturated carbocycles. The predicted molar refractivity (Wildman–Crippen MR) is 118 cm³/mol. The molecule has 1 amide bonds. The van der Waals surface area contributed by atoms with E-state index in [2.05, 4.69) is 45.3 Å². The molecule has 2 aliphatic heterocycles. The number of para-hydroxylation sites is 2. The minimum Gasteiger partial charge on any atom is -0.354 e. The van der Waals surface area contributed by atoms with Crippen LogP contribution < -0.4 is 10.2 Å². The Bertz CT molecular complexity index is 852. The Balaban J connectivity index is 1.36. The van der Waals surface area contributed by atoms with Crippen LogP contribution in [0, 0.1) is 5.92 Å². The summed E-state index contributed by atoms with van der Waals surface area (Å²) in [5.74, 6) is 1.33. The number of fused-ring (bicyclic) bond motifs is 1. The third-order valence-corrected chi connectivity index (χ3v) is 6.51. The Hall–Kier alpha value is -2.34. The molecular weight excluding hydrogens is 362 g/mol. The summed E-state index contributed by atoms with van der Waals surface area (Å²) in [6, 6.07) is 8.76. The van der Waals surface area contributed by atoms with Crippen molar-refractivity contribution in [2.24, 2.45) is 5.92 Å². The van der Waals surface area contributed by atoms with Gasteiger partial charge in [-0.3, -0.25) is 9.69 Å². The maximum Gasteiger partial charge on any atom is 0.223 e. The Morgan fingerprint density at radius 3 is 2.79 bits per heavy atom. The van der Waals surface area contributed by atoms with Gasteiger partial charge in [0, 0.05) is 38.1 Å². The third-order valence-electron chi connectivity index (χ3n) is 6.51. The van der Waals surface area contributed by atoms with Gasteiger partial charge in [0.15, 0.2) is 0 Å². The number of carbonyl (C=O) groups excluding carboxylic acids is 1. The molecule has 1 atom stereocenters. The molecule has 6 heteroatoms. The van der Waals surface area contributed by atoms with Gasteiger partial charge in [0.2, 0.25) is 11.9 Å². The van der Waals surface area contributed by atoms with Gasteiger partial charge in [-0.1, -0.05) is 25.1 Å². The Labute approximate surface area is 173 Å². The van der Waals surface area contributed by atoms with E-state index in [1.807, 2.05) is 18.2 Å². The van der Waals surface area contributed by atoms with E-state index >= 15 is 0 Å². The summed E-state index contributed by atoms with van der Waals surface area (Å²) in [4.78, 5) is 22.4. The number of rotatable bonds is 7. The van der Waals surface area contributed by atoms with Crippen LogP contribution in [-0.2, 0) is 11.3 Å². The van der Waals surface area contributed by atoms with Crippen LogP contribution in [0.15, 0.2) is 36.9 Å². The summed E-state index contributed by atoms with van der Waals surface area (Å²) in [5, 5.41) is 3.23. The highest BCUT2D eigenvalue weighted by atomic mass is 16.1. The van der Waals surface area contributed by atoms with Gasteiger partial charge in [-0.05, 0) is 50.9 Å². The molecule has 0 spiro atoms. The van der Waals surface area contributed by atoms with Gasteiger partial charge < -0.3 is 14.8 Å². The highest BCUT2D eigenvalue weighted by Gasteiger charge is 2.29. The fraction of sp³-hybridized carbons (Fsp3) is 0.565. The van der Waals surface area contributed by atoms with Gasteiger partial charge in [0.05, 0.1) is 11.0 Å². The number of aromatic nitrogens is 2. The number of hydrogen-bond donors (Lipinski definition) is 1. The van der Waals surface area contributed by atoms with Crippen LogP contribution in [0.25, 0.3) is 11.0 Å². The predicted octanol–water partition coefficient (Wildman–Crippen LogP) is 3.04. The Morgan fingerprint density at radius 2 is 2.03 bits per heavy atom. The molecule has 0 radical (unpaired) electrons. The van der Waals surface area contributed by atoms with Crippen LogP contribution in [-0.4, -0.2) is 59.1 Å². The van der Waals surface area contributed by atoms with Crippen LogP contribution in [0.2, 0.25) is 0 Å². The first-order chi connectivity index (χ1) is 14.2. The monoisotopic (exact) mass is 395 g/mol. The molecule has 0 aliphatic carbocycles. The van der Waals surface area contributed by atoms with Crippen molar-refractivity contribution in [2.75, 3.05) is 37.6 Å². The third kappa shape index (κ3) is 4.17. The van der Waals surface area contributed by atoms with E-state index in [9.17, 15) is 4.79 Å². The number of likely N-dealkylation sites (tertiary alicyclic amines) is 1. The number of benzene rings is 1. The molecule has 2 aromatic rings. The van der Waals surface area contributed by atoms with Gasteiger partial charge in [-0.25, -0.2) is 4.98 Å². The number of amides is 1. The molecule has 1 N–H and O–H groups in total. The first-order valence-corrected chi connectivity index (χ1v) is 11.0. The molecule has 6 nitrogen and oxygen atoms in total. The van der Waals surface area contributed by atoms with E-state index in [1.54, 1.807) is 0 Å². The van der Waals surface area contributed by atoms with E-state index in [0.717, 1.165) is 62.5 Å². The lowest BCUT2D eigenvalue weighted by Crippen LogP contribution is -2.45. The topological polar surface area (TPSA) is 53.4 Å². The van der Waals surface area contributed by atoms with Crippen molar-refractivity contribution in [1.82, 2.24) is 19.8 Å². The lowest BCUT2D eigenvalue weighted by Gasteiger charge is -2.32. The second-order valence-electron chi connectivity index (χ2n) is 8.23. The zero-order chi connectivity index (χ0) is 20.2. The van der Waals surface area contributed by atoms with Crippen molar-refractivity contribution in [1.29, 1.82) is 0 Å². The Kier molecular flexibility index (Phi) is 6.19. The van der Waals surface area contributed by atoms with E-state index in [-0.39, 0.29) is 11.8 Å². The van der Waals surface area contributed by atoms with Gasteiger partial charge in [-0.15, -0.1) is 6.58 Å². The van der Waals surface area contributed by atoms with Crippen molar-refractivity contribution in [3.05, 3.63) is 36.9 Å². The van der Waals surface area contributed by atoms with Crippen molar-refractivity contribution >= 4 is 22.9 Å². The fourth-order valence-corrected chi connectivity index (χ4v) is 4.86. The quantitative estimate of drug-likeness (QED) is 0.732. The molecule has 0 unspecified atom stereocenters. The maximum absolute atomic E-state index is 12.7. The smallest absolute Gasteiger partial charge is 0.223 e. The number of anilines is 1. The number of imidazole rings is 1. The zero-order valence-electron chi connectivity index (χ0n) is 17.5. The number of likely N-dealkylation sites (N-methyl/N-ethyl adjacent to an activating group) is 1. The average Bonchev–Trinajstić information content (AvgIpc) is 3.37. The molecule has 2 saturated heterocycles. The highest BCUT2D eigenvalue weighted by molar-refractivity contribution is 5.80. The SMILES string of the molecule is C=CCn1c(N2CCC(C(=O)NC[C@@H]3CCCN3CC)CC2)nc2ccccc21. The molecule has 1 aromatic heterocycles. The van der Waals surface area contributed by atoms with Crippen LogP contribution in [0.1, 0.15) is 32.6 Å². The first kappa shape index (κ1) is 20.0. The second kappa shape index (κ2) is 8.99. The largest absolute Gasteiger partial charge is 0.354 e. The lowest BCUT2D eigenvalue weighted by atomic mass is 9.96. The van der Waals surface area contributed by atoms with Gasteiger partial charge >= 0.3 is 0 Å². The van der Waals surface area contributed by atoms with Crippen LogP contribution in [0.5, 0.6) is 0 Å². The van der Waals surface area contributed by atoms with Crippen molar-refractivity contribution < 1.29 is 4.79 Å². The van der Waals surface area contributed by atoms with Gasteiger partial charge in [-0.2, -0.15) is 0 Å². The molecule has 4 rings (SSSR count). The van der Waals surface area contributed by atoms with Crippen molar-refractivity contribution in [3.63, 3.8) is 0 Å². The molecule has 2 fully saturated rings. The highest BCUT2D eigenvalue weighted by Crippen LogP contribution is 2.27.